The van der Waals surface area contributed by atoms with Crippen molar-refractivity contribution in [3.8, 4) is 0 Å². The van der Waals surface area contributed by atoms with Gasteiger partial charge < -0.3 is 5.11 Å². The third kappa shape index (κ3) is 3.49. The van der Waals surface area contributed by atoms with Gasteiger partial charge in [-0.15, -0.1) is 11.8 Å². The van der Waals surface area contributed by atoms with Crippen LogP contribution < -0.4 is 0 Å². The molecule has 2 aromatic carbocycles. The summed E-state index contributed by atoms with van der Waals surface area (Å²) in [6, 6.07) is 11.5. The van der Waals surface area contributed by atoms with E-state index in [0.717, 1.165) is 4.90 Å². The Labute approximate surface area is 119 Å². The van der Waals surface area contributed by atoms with Crippen LogP contribution >= 0.6 is 23.4 Å². The predicted octanol–water partition coefficient (Wildman–Crippen LogP) is 4.47. The van der Waals surface area contributed by atoms with Crippen LogP contribution in [-0.2, 0) is 5.75 Å². The molecule has 0 saturated heterocycles. The van der Waals surface area contributed by atoms with Crippen molar-refractivity contribution >= 4 is 29.3 Å². The standard InChI is InChI=1S/C14H10ClFO2S/c15-11-3-1-2-4-13(11)19-8-9-5-6-10(14(17)18)12(16)7-9/h1-7H,8H2,(H,17,18). The van der Waals surface area contributed by atoms with Gasteiger partial charge in [-0.25, -0.2) is 9.18 Å². The summed E-state index contributed by atoms with van der Waals surface area (Å²) in [5, 5.41) is 9.39. The largest absolute Gasteiger partial charge is 0.478 e. The lowest BCUT2D eigenvalue weighted by Gasteiger charge is -2.05. The van der Waals surface area contributed by atoms with Crippen molar-refractivity contribution < 1.29 is 14.3 Å². The Morgan fingerprint density at radius 2 is 2.00 bits per heavy atom. The molecule has 0 bridgehead atoms. The molecule has 2 aromatic rings. The van der Waals surface area contributed by atoms with Gasteiger partial charge >= 0.3 is 5.97 Å². The van der Waals surface area contributed by atoms with E-state index in [4.69, 9.17) is 16.7 Å². The van der Waals surface area contributed by atoms with Crippen molar-refractivity contribution in [1.82, 2.24) is 0 Å². The summed E-state index contributed by atoms with van der Waals surface area (Å²) in [5.41, 5.74) is 0.402. The smallest absolute Gasteiger partial charge is 0.338 e. The molecule has 5 heteroatoms. The summed E-state index contributed by atoms with van der Waals surface area (Å²) >= 11 is 7.49. The van der Waals surface area contributed by atoms with Crippen LogP contribution in [0.5, 0.6) is 0 Å². The molecule has 2 rings (SSSR count). The number of hydrogen-bond acceptors (Lipinski definition) is 2. The molecule has 0 atom stereocenters. The number of carboxylic acids is 1. The Morgan fingerprint density at radius 1 is 1.26 bits per heavy atom. The van der Waals surface area contributed by atoms with Crippen LogP contribution in [0.4, 0.5) is 4.39 Å². The summed E-state index contributed by atoms with van der Waals surface area (Å²) in [6.45, 7) is 0. The van der Waals surface area contributed by atoms with E-state index < -0.39 is 11.8 Å². The highest BCUT2D eigenvalue weighted by Gasteiger charge is 2.10. The topological polar surface area (TPSA) is 37.3 Å². The van der Waals surface area contributed by atoms with E-state index in [0.29, 0.717) is 16.3 Å². The van der Waals surface area contributed by atoms with Crippen LogP contribution in [0, 0.1) is 5.82 Å². The van der Waals surface area contributed by atoms with Gasteiger partial charge in [0.1, 0.15) is 5.82 Å². The number of rotatable bonds is 4. The van der Waals surface area contributed by atoms with Gasteiger partial charge in [0.2, 0.25) is 0 Å². The molecular formula is C14H10ClFO2S. The van der Waals surface area contributed by atoms with E-state index in [1.54, 1.807) is 12.1 Å². The maximum atomic E-state index is 13.5. The van der Waals surface area contributed by atoms with Crippen molar-refractivity contribution in [2.24, 2.45) is 0 Å². The van der Waals surface area contributed by atoms with Gasteiger partial charge in [0.05, 0.1) is 10.6 Å². The fourth-order valence-corrected chi connectivity index (χ4v) is 2.73. The zero-order chi connectivity index (χ0) is 13.8. The number of hydrogen-bond donors (Lipinski definition) is 1. The summed E-state index contributed by atoms with van der Waals surface area (Å²) in [4.78, 5) is 11.6. The van der Waals surface area contributed by atoms with Crippen LogP contribution in [-0.4, -0.2) is 11.1 Å². The molecule has 98 valence electrons. The Hall–Kier alpha value is -1.52. The molecule has 2 nitrogen and oxygen atoms in total. The maximum Gasteiger partial charge on any atom is 0.338 e. The highest BCUT2D eigenvalue weighted by Crippen LogP contribution is 2.29. The number of benzene rings is 2. The molecule has 0 aliphatic heterocycles. The predicted molar refractivity (Wildman–Crippen MR) is 74.4 cm³/mol. The van der Waals surface area contributed by atoms with Crippen molar-refractivity contribution in [1.29, 1.82) is 0 Å². The monoisotopic (exact) mass is 296 g/mol. The van der Waals surface area contributed by atoms with Crippen LogP contribution in [0.3, 0.4) is 0 Å². The molecule has 19 heavy (non-hydrogen) atoms. The van der Waals surface area contributed by atoms with Gasteiger partial charge in [0, 0.05) is 10.6 Å². The third-order valence-electron chi connectivity index (χ3n) is 2.49. The Morgan fingerprint density at radius 3 is 2.63 bits per heavy atom. The first kappa shape index (κ1) is 13.9. The van der Waals surface area contributed by atoms with E-state index in [1.165, 1.54) is 23.9 Å². The molecule has 1 N–H and O–H groups in total. The Kier molecular flexibility index (Phi) is 4.45. The van der Waals surface area contributed by atoms with Gasteiger partial charge in [-0.05, 0) is 29.8 Å². The first-order valence-corrected chi connectivity index (χ1v) is 6.83. The number of carbonyl (C=O) groups is 1. The van der Waals surface area contributed by atoms with Crippen molar-refractivity contribution in [3.05, 3.63) is 64.4 Å². The number of aromatic carboxylic acids is 1. The fourth-order valence-electron chi connectivity index (χ4n) is 1.54. The summed E-state index contributed by atoms with van der Waals surface area (Å²) in [5.74, 6) is -1.45. The SMILES string of the molecule is O=C(O)c1ccc(CSc2ccccc2Cl)cc1F. The average molecular weight is 297 g/mol. The maximum absolute atomic E-state index is 13.5. The van der Waals surface area contributed by atoms with Crippen LogP contribution in [0.1, 0.15) is 15.9 Å². The zero-order valence-electron chi connectivity index (χ0n) is 9.77. The number of halogens is 2. The van der Waals surface area contributed by atoms with E-state index in [9.17, 15) is 9.18 Å². The van der Waals surface area contributed by atoms with Crippen LogP contribution in [0.15, 0.2) is 47.4 Å². The highest BCUT2D eigenvalue weighted by molar-refractivity contribution is 7.98. The first-order valence-electron chi connectivity index (χ1n) is 5.47. The second-order valence-electron chi connectivity index (χ2n) is 3.84. The molecule has 0 fully saturated rings. The van der Waals surface area contributed by atoms with Crippen molar-refractivity contribution in [2.75, 3.05) is 0 Å². The lowest BCUT2D eigenvalue weighted by molar-refractivity contribution is 0.0692. The third-order valence-corrected chi connectivity index (χ3v) is 4.08. The number of carboxylic acid groups (broad SMARTS) is 1. The van der Waals surface area contributed by atoms with E-state index in [-0.39, 0.29) is 5.56 Å². The molecule has 0 radical (unpaired) electrons. The quantitative estimate of drug-likeness (QED) is 0.846. The van der Waals surface area contributed by atoms with E-state index in [1.807, 2.05) is 18.2 Å². The van der Waals surface area contributed by atoms with E-state index in [2.05, 4.69) is 0 Å². The molecule has 0 aliphatic rings. The summed E-state index contributed by atoms with van der Waals surface area (Å²) in [6.07, 6.45) is 0. The second kappa shape index (κ2) is 6.08. The molecule has 0 aromatic heterocycles. The molecule has 0 saturated carbocycles. The summed E-state index contributed by atoms with van der Waals surface area (Å²) < 4.78 is 13.5. The zero-order valence-corrected chi connectivity index (χ0v) is 11.3. The second-order valence-corrected chi connectivity index (χ2v) is 5.26. The lowest BCUT2D eigenvalue weighted by atomic mass is 10.1. The summed E-state index contributed by atoms with van der Waals surface area (Å²) in [7, 11) is 0. The molecular weight excluding hydrogens is 287 g/mol. The molecule has 0 unspecified atom stereocenters. The highest BCUT2D eigenvalue weighted by atomic mass is 35.5. The Bertz CT molecular complexity index is 616. The minimum absolute atomic E-state index is 0.313. The average Bonchev–Trinajstić information content (AvgIpc) is 2.37. The fraction of sp³-hybridized carbons (Fsp3) is 0.0714. The van der Waals surface area contributed by atoms with Crippen molar-refractivity contribution in [2.45, 2.75) is 10.6 Å². The lowest BCUT2D eigenvalue weighted by Crippen LogP contribution is -2.00. The van der Waals surface area contributed by atoms with Crippen LogP contribution in [0.2, 0.25) is 5.02 Å². The molecule has 0 aliphatic carbocycles. The molecule has 0 spiro atoms. The first-order chi connectivity index (χ1) is 9.08. The van der Waals surface area contributed by atoms with Gasteiger partial charge in [-0.1, -0.05) is 29.8 Å². The molecule has 0 amide bonds. The van der Waals surface area contributed by atoms with Gasteiger partial charge in [0.25, 0.3) is 0 Å². The van der Waals surface area contributed by atoms with Gasteiger partial charge in [0.15, 0.2) is 0 Å². The van der Waals surface area contributed by atoms with Crippen molar-refractivity contribution in [3.63, 3.8) is 0 Å². The number of thioether (sulfide) groups is 1. The normalized spacial score (nSPS) is 10.4. The van der Waals surface area contributed by atoms with Crippen LogP contribution in [0.25, 0.3) is 0 Å². The Balaban J connectivity index is 2.11. The van der Waals surface area contributed by atoms with Gasteiger partial charge in [-0.2, -0.15) is 0 Å². The minimum atomic E-state index is -1.26. The van der Waals surface area contributed by atoms with Gasteiger partial charge in [-0.3, -0.25) is 0 Å². The van der Waals surface area contributed by atoms with E-state index >= 15 is 0 Å². The molecule has 0 heterocycles. The minimum Gasteiger partial charge on any atom is -0.478 e.